The first-order valence-corrected chi connectivity index (χ1v) is 6.75. The second-order valence-electron chi connectivity index (χ2n) is 4.86. The Labute approximate surface area is 108 Å². The second kappa shape index (κ2) is 4.89. The van der Waals surface area contributed by atoms with Crippen LogP contribution in [0.15, 0.2) is 24.3 Å². The van der Waals surface area contributed by atoms with E-state index in [4.69, 9.17) is 0 Å². The highest BCUT2D eigenvalue weighted by molar-refractivity contribution is 5.96. The minimum absolute atomic E-state index is 0.549. The van der Waals surface area contributed by atoms with Gasteiger partial charge in [-0.3, -0.25) is 0 Å². The van der Waals surface area contributed by atoms with Crippen LogP contribution in [0.2, 0.25) is 0 Å². The summed E-state index contributed by atoms with van der Waals surface area (Å²) in [5.74, 6) is 0.549. The van der Waals surface area contributed by atoms with Gasteiger partial charge >= 0.3 is 0 Å². The molecule has 96 valence electrons. The number of aromatic nitrogens is 2. The zero-order valence-electron chi connectivity index (χ0n) is 11.9. The molecule has 0 spiro atoms. The van der Waals surface area contributed by atoms with Gasteiger partial charge in [0.1, 0.15) is 0 Å². The summed E-state index contributed by atoms with van der Waals surface area (Å²) in [7, 11) is 0. The lowest BCUT2D eigenvalue weighted by Gasteiger charge is -1.97. The summed E-state index contributed by atoms with van der Waals surface area (Å²) in [6, 6.07) is 8.88. The zero-order chi connectivity index (χ0) is 13.3. The average molecular weight is 242 g/mol. The third kappa shape index (κ3) is 2.15. The summed E-state index contributed by atoms with van der Waals surface area (Å²) < 4.78 is 0. The van der Waals surface area contributed by atoms with Crippen LogP contribution in [0.5, 0.6) is 0 Å². The molecule has 0 aliphatic heterocycles. The number of aromatic amines is 2. The van der Waals surface area contributed by atoms with E-state index in [1.165, 1.54) is 33.2 Å². The number of fused-ring (bicyclic) bond motifs is 2. The molecule has 0 unspecified atom stereocenters. The molecular weight excluding hydrogens is 220 g/mol. The van der Waals surface area contributed by atoms with Crippen molar-refractivity contribution in [2.24, 2.45) is 0 Å². The van der Waals surface area contributed by atoms with Crippen molar-refractivity contribution in [2.45, 2.75) is 40.5 Å². The Kier molecular flexibility index (Phi) is 3.46. The van der Waals surface area contributed by atoms with Crippen molar-refractivity contribution in [1.82, 2.24) is 9.97 Å². The van der Waals surface area contributed by atoms with Gasteiger partial charge in [0.05, 0.1) is 0 Å². The van der Waals surface area contributed by atoms with Gasteiger partial charge in [0.15, 0.2) is 0 Å². The molecule has 1 aromatic carbocycles. The standard InChI is InChI=1S/C14H16N2.C2H6/c1-8(2)12-5-11-7-13-10(4-9(3)15-13)6-14(11)16-12;1-2/h4-8,15-16H,1-3H3;1-2H3. The molecule has 3 aromatic rings. The van der Waals surface area contributed by atoms with Gasteiger partial charge in [-0.25, -0.2) is 0 Å². The van der Waals surface area contributed by atoms with Crippen molar-refractivity contribution in [3.63, 3.8) is 0 Å². The van der Waals surface area contributed by atoms with Crippen LogP contribution in [0.1, 0.15) is 45.0 Å². The van der Waals surface area contributed by atoms with Crippen molar-refractivity contribution < 1.29 is 0 Å². The average Bonchev–Trinajstić information content (AvgIpc) is 2.89. The fourth-order valence-electron chi connectivity index (χ4n) is 2.24. The molecule has 0 saturated carbocycles. The van der Waals surface area contributed by atoms with E-state index < -0.39 is 0 Å². The number of hydrogen-bond acceptors (Lipinski definition) is 0. The second-order valence-corrected chi connectivity index (χ2v) is 4.86. The van der Waals surface area contributed by atoms with Crippen LogP contribution in [-0.2, 0) is 0 Å². The van der Waals surface area contributed by atoms with E-state index in [-0.39, 0.29) is 0 Å². The Morgan fingerprint density at radius 1 is 0.833 bits per heavy atom. The molecule has 0 aliphatic rings. The fraction of sp³-hybridized carbons (Fsp3) is 0.375. The van der Waals surface area contributed by atoms with Gasteiger partial charge in [-0.15, -0.1) is 0 Å². The highest BCUT2D eigenvalue weighted by Crippen LogP contribution is 2.26. The van der Waals surface area contributed by atoms with Crippen LogP contribution in [0.3, 0.4) is 0 Å². The molecule has 0 radical (unpaired) electrons. The third-order valence-corrected chi connectivity index (χ3v) is 3.14. The van der Waals surface area contributed by atoms with Crippen molar-refractivity contribution in [3.8, 4) is 0 Å². The molecular formula is C16H22N2. The Balaban J connectivity index is 0.000000574. The first-order valence-electron chi connectivity index (χ1n) is 6.75. The SMILES string of the molecule is CC.Cc1cc2cc3[nH]c(C(C)C)cc3cc2[nH]1. The first-order chi connectivity index (χ1) is 8.63. The van der Waals surface area contributed by atoms with Gasteiger partial charge in [-0.1, -0.05) is 27.7 Å². The number of benzene rings is 1. The monoisotopic (exact) mass is 242 g/mol. The number of H-pyrrole nitrogens is 2. The molecule has 2 aromatic heterocycles. The summed E-state index contributed by atoms with van der Waals surface area (Å²) in [4.78, 5) is 6.86. The van der Waals surface area contributed by atoms with Gasteiger partial charge in [0.25, 0.3) is 0 Å². The number of aryl methyl sites for hydroxylation is 1. The molecule has 2 nitrogen and oxygen atoms in total. The van der Waals surface area contributed by atoms with Crippen LogP contribution in [0.4, 0.5) is 0 Å². The smallest absolute Gasteiger partial charge is 0.0463 e. The van der Waals surface area contributed by atoms with Crippen LogP contribution in [0, 0.1) is 6.92 Å². The molecule has 3 rings (SSSR count). The quantitative estimate of drug-likeness (QED) is 0.594. The normalized spacial score (nSPS) is 11.0. The number of rotatable bonds is 1. The molecule has 0 bridgehead atoms. The van der Waals surface area contributed by atoms with E-state index in [0.29, 0.717) is 5.92 Å². The Hall–Kier alpha value is -1.70. The predicted octanol–water partition coefficient (Wildman–Crippen LogP) is 5.11. The summed E-state index contributed by atoms with van der Waals surface area (Å²) in [5, 5.41) is 2.57. The molecule has 0 saturated heterocycles. The molecule has 2 heteroatoms. The van der Waals surface area contributed by atoms with Crippen LogP contribution < -0.4 is 0 Å². The van der Waals surface area contributed by atoms with Crippen molar-refractivity contribution in [1.29, 1.82) is 0 Å². The maximum absolute atomic E-state index is 3.48. The maximum Gasteiger partial charge on any atom is 0.0463 e. The number of nitrogens with one attached hydrogen (secondary N) is 2. The maximum atomic E-state index is 3.48. The van der Waals surface area contributed by atoms with Crippen LogP contribution >= 0.6 is 0 Å². The molecule has 0 fully saturated rings. The van der Waals surface area contributed by atoms with Gasteiger partial charge in [0, 0.05) is 33.2 Å². The lowest BCUT2D eigenvalue weighted by molar-refractivity contribution is 0.836. The largest absolute Gasteiger partial charge is 0.359 e. The van der Waals surface area contributed by atoms with E-state index in [1.807, 2.05) is 13.8 Å². The Bertz CT molecular complexity index is 605. The van der Waals surface area contributed by atoms with Crippen molar-refractivity contribution >= 4 is 21.8 Å². The molecule has 2 heterocycles. The van der Waals surface area contributed by atoms with E-state index in [0.717, 1.165) is 0 Å². The van der Waals surface area contributed by atoms with E-state index >= 15 is 0 Å². The lowest BCUT2D eigenvalue weighted by Crippen LogP contribution is -1.84. The lowest BCUT2D eigenvalue weighted by atomic mass is 10.1. The van der Waals surface area contributed by atoms with Gasteiger partial charge in [-0.05, 0) is 37.1 Å². The Morgan fingerprint density at radius 3 is 2.00 bits per heavy atom. The van der Waals surface area contributed by atoms with Gasteiger partial charge in [-0.2, -0.15) is 0 Å². The van der Waals surface area contributed by atoms with Crippen molar-refractivity contribution in [3.05, 3.63) is 35.7 Å². The fourth-order valence-corrected chi connectivity index (χ4v) is 2.24. The van der Waals surface area contributed by atoms with Crippen molar-refractivity contribution in [2.75, 3.05) is 0 Å². The molecule has 0 amide bonds. The minimum Gasteiger partial charge on any atom is -0.359 e. The first kappa shape index (κ1) is 12.7. The molecule has 18 heavy (non-hydrogen) atoms. The summed E-state index contributed by atoms with van der Waals surface area (Å²) in [6.07, 6.45) is 0. The molecule has 2 N–H and O–H groups in total. The summed E-state index contributed by atoms with van der Waals surface area (Å²) in [5.41, 5.74) is 4.97. The zero-order valence-corrected chi connectivity index (χ0v) is 11.9. The topological polar surface area (TPSA) is 31.6 Å². The Morgan fingerprint density at radius 2 is 1.39 bits per heavy atom. The molecule has 0 atom stereocenters. The van der Waals surface area contributed by atoms with E-state index in [1.54, 1.807) is 0 Å². The van der Waals surface area contributed by atoms with Crippen LogP contribution in [-0.4, -0.2) is 9.97 Å². The summed E-state index contributed by atoms with van der Waals surface area (Å²) in [6.45, 7) is 10.5. The minimum atomic E-state index is 0.549. The predicted molar refractivity (Wildman–Crippen MR) is 80.3 cm³/mol. The van der Waals surface area contributed by atoms with Crippen LogP contribution in [0.25, 0.3) is 21.8 Å². The van der Waals surface area contributed by atoms with Gasteiger partial charge < -0.3 is 9.97 Å². The highest BCUT2D eigenvalue weighted by atomic mass is 14.7. The highest BCUT2D eigenvalue weighted by Gasteiger charge is 2.06. The summed E-state index contributed by atoms with van der Waals surface area (Å²) >= 11 is 0. The van der Waals surface area contributed by atoms with E-state index in [9.17, 15) is 0 Å². The molecule has 0 aliphatic carbocycles. The van der Waals surface area contributed by atoms with E-state index in [2.05, 4.69) is 55.0 Å². The third-order valence-electron chi connectivity index (χ3n) is 3.14. The number of hydrogen-bond donors (Lipinski definition) is 2. The van der Waals surface area contributed by atoms with Gasteiger partial charge in [0.2, 0.25) is 0 Å².